The van der Waals surface area contributed by atoms with Gasteiger partial charge in [0.15, 0.2) is 11.5 Å². The van der Waals surface area contributed by atoms with Crippen molar-refractivity contribution < 1.29 is 27.8 Å². The summed E-state index contributed by atoms with van der Waals surface area (Å²) in [5.74, 6) is 0.935. The lowest BCUT2D eigenvalue weighted by Crippen LogP contribution is -2.36. The molecule has 9 nitrogen and oxygen atoms in total. The van der Waals surface area contributed by atoms with Gasteiger partial charge in [-0.3, -0.25) is 4.90 Å². The molecule has 1 aromatic carbocycles. The molecule has 0 aliphatic carbocycles. The second-order valence-corrected chi connectivity index (χ2v) is 8.62. The number of anilines is 1. The van der Waals surface area contributed by atoms with Crippen LogP contribution in [0.25, 0.3) is 0 Å². The van der Waals surface area contributed by atoms with Gasteiger partial charge in [-0.25, -0.2) is 4.79 Å². The van der Waals surface area contributed by atoms with Gasteiger partial charge in [0.2, 0.25) is 0 Å². The highest BCUT2D eigenvalue weighted by Crippen LogP contribution is 2.41. The molecule has 1 aromatic heterocycles. The van der Waals surface area contributed by atoms with Crippen LogP contribution in [0.2, 0.25) is 0 Å². The first-order valence-electron chi connectivity index (χ1n) is 10.7. The second kappa shape index (κ2) is 8.97. The van der Waals surface area contributed by atoms with Gasteiger partial charge in [0.1, 0.15) is 6.29 Å². The molecule has 3 aliphatic rings. The Morgan fingerprint density at radius 2 is 1.82 bits per heavy atom. The summed E-state index contributed by atoms with van der Waals surface area (Å²) in [5.41, 5.74) is 1.78. The number of hydrogen-bond donors (Lipinski definition) is 0. The number of rotatable bonds is 3. The number of alkyl halides is 2. The lowest BCUT2D eigenvalue weighted by Gasteiger charge is -2.21. The van der Waals surface area contributed by atoms with Gasteiger partial charge < -0.3 is 24.1 Å². The zero-order valence-electron chi connectivity index (χ0n) is 18.8. The molecule has 33 heavy (non-hydrogen) atoms. The summed E-state index contributed by atoms with van der Waals surface area (Å²) in [6, 6.07) is 4.82. The summed E-state index contributed by atoms with van der Waals surface area (Å²) in [7, 11) is 3.82. The number of carbonyl (C=O) groups is 2. The number of fused-ring (bicyclic) bond motifs is 2. The van der Waals surface area contributed by atoms with Gasteiger partial charge in [-0.2, -0.15) is 9.78 Å². The van der Waals surface area contributed by atoms with Crippen LogP contribution in [0.15, 0.2) is 30.6 Å². The third-order valence-electron chi connectivity index (χ3n) is 5.99. The van der Waals surface area contributed by atoms with Crippen molar-refractivity contribution in [1.82, 2.24) is 19.6 Å². The lowest BCUT2D eigenvalue weighted by atomic mass is 10.0. The summed E-state index contributed by atoms with van der Waals surface area (Å²) in [6.07, 6.45) is 0.577. The van der Waals surface area contributed by atoms with E-state index in [1.807, 2.05) is 23.9 Å². The highest BCUT2D eigenvalue weighted by atomic mass is 19.3. The number of benzene rings is 1. The average Bonchev–Trinajstić information content (AvgIpc) is 3.48. The van der Waals surface area contributed by atoms with E-state index in [9.17, 15) is 13.6 Å². The molecule has 0 radical (unpaired) electrons. The van der Waals surface area contributed by atoms with Crippen molar-refractivity contribution in [3.05, 3.63) is 36.2 Å². The summed E-state index contributed by atoms with van der Waals surface area (Å²) in [6.45, 7) is 5.21. The first-order chi connectivity index (χ1) is 15.7. The van der Waals surface area contributed by atoms with Crippen molar-refractivity contribution in [1.29, 1.82) is 0 Å². The van der Waals surface area contributed by atoms with Gasteiger partial charge >= 0.3 is 12.3 Å². The van der Waals surface area contributed by atoms with Crippen LogP contribution >= 0.6 is 0 Å². The van der Waals surface area contributed by atoms with E-state index in [0.29, 0.717) is 31.5 Å². The van der Waals surface area contributed by atoms with E-state index in [2.05, 4.69) is 19.5 Å². The number of amides is 1. The third-order valence-corrected chi connectivity index (χ3v) is 5.99. The normalized spacial score (nSPS) is 22.5. The fraction of sp³-hybridized carbons (Fsp3) is 0.500. The standard InChI is InChI=1S/C20H23F2N5O3.C2H4O/c1-24(2)16-6-23-27(12-16)19(28)26-10-14-8-25(9-15(14)11-26)7-13-3-4-17-18(5-13)30-20(21,22)29-17;1-2-3/h3-6,12,14-15H,7-11H2,1-2H3;2H,1H3. The van der Waals surface area contributed by atoms with Crippen molar-refractivity contribution in [2.24, 2.45) is 11.8 Å². The van der Waals surface area contributed by atoms with Crippen molar-refractivity contribution in [3.63, 3.8) is 0 Å². The van der Waals surface area contributed by atoms with E-state index in [4.69, 9.17) is 4.79 Å². The Morgan fingerprint density at radius 1 is 1.18 bits per heavy atom. The average molecular weight is 463 g/mol. The fourth-order valence-electron chi connectivity index (χ4n) is 4.52. The van der Waals surface area contributed by atoms with Crippen molar-refractivity contribution in [2.75, 3.05) is 45.2 Å². The lowest BCUT2D eigenvalue weighted by molar-refractivity contribution is -0.286. The highest BCUT2D eigenvalue weighted by molar-refractivity contribution is 5.77. The predicted molar refractivity (Wildman–Crippen MR) is 116 cm³/mol. The first-order valence-corrected chi connectivity index (χ1v) is 10.7. The number of likely N-dealkylation sites (tertiary alicyclic amines) is 2. The molecule has 4 heterocycles. The Hall–Kier alpha value is -3.21. The van der Waals surface area contributed by atoms with Gasteiger partial charge in [0, 0.05) is 46.8 Å². The van der Waals surface area contributed by atoms with Gasteiger partial charge in [-0.1, -0.05) is 6.07 Å². The molecule has 0 spiro atoms. The summed E-state index contributed by atoms with van der Waals surface area (Å²) < 4.78 is 36.8. The number of aldehydes is 1. The quantitative estimate of drug-likeness (QED) is 0.647. The van der Waals surface area contributed by atoms with Crippen LogP contribution in [-0.2, 0) is 11.3 Å². The second-order valence-electron chi connectivity index (χ2n) is 8.62. The van der Waals surface area contributed by atoms with E-state index >= 15 is 0 Å². The van der Waals surface area contributed by atoms with Crippen molar-refractivity contribution in [3.8, 4) is 11.5 Å². The highest BCUT2D eigenvalue weighted by Gasteiger charge is 2.44. The van der Waals surface area contributed by atoms with Crippen LogP contribution in [0.5, 0.6) is 11.5 Å². The molecular weight excluding hydrogens is 436 g/mol. The number of hydrogen-bond acceptors (Lipinski definition) is 7. The number of aromatic nitrogens is 2. The van der Waals surface area contributed by atoms with Crippen LogP contribution in [0.1, 0.15) is 12.5 Å². The number of ether oxygens (including phenoxy) is 2. The SMILES string of the molecule is CC=O.CN(C)c1cnn(C(=O)N2CC3CN(Cc4ccc5c(c4)OC(F)(F)O5)CC3C2)c1. The fourth-order valence-corrected chi connectivity index (χ4v) is 4.52. The number of nitrogens with zero attached hydrogens (tertiary/aromatic N) is 5. The molecule has 1 amide bonds. The topological polar surface area (TPSA) is 80.1 Å². The summed E-state index contributed by atoms with van der Waals surface area (Å²) >= 11 is 0. The molecule has 3 aliphatic heterocycles. The minimum Gasteiger partial charge on any atom is -0.395 e. The van der Waals surface area contributed by atoms with E-state index in [0.717, 1.165) is 30.6 Å². The molecule has 2 atom stereocenters. The Morgan fingerprint density at radius 3 is 2.42 bits per heavy atom. The Kier molecular flexibility index (Phi) is 6.24. The van der Waals surface area contributed by atoms with Gasteiger partial charge in [0.25, 0.3) is 0 Å². The molecule has 0 bridgehead atoms. The van der Waals surface area contributed by atoms with E-state index < -0.39 is 6.29 Å². The van der Waals surface area contributed by atoms with E-state index in [1.165, 1.54) is 17.7 Å². The van der Waals surface area contributed by atoms with Crippen molar-refractivity contribution in [2.45, 2.75) is 19.8 Å². The monoisotopic (exact) mass is 463 g/mol. The summed E-state index contributed by atoms with van der Waals surface area (Å²) in [5, 5.41) is 4.18. The third kappa shape index (κ3) is 4.92. The maximum absolute atomic E-state index is 13.2. The molecule has 0 saturated carbocycles. The molecule has 2 unspecified atom stereocenters. The zero-order chi connectivity index (χ0) is 23.8. The summed E-state index contributed by atoms with van der Waals surface area (Å²) in [4.78, 5) is 27.6. The van der Waals surface area contributed by atoms with Crippen molar-refractivity contribution >= 4 is 18.0 Å². The molecule has 11 heteroatoms. The smallest absolute Gasteiger partial charge is 0.395 e. The largest absolute Gasteiger partial charge is 0.586 e. The van der Waals surface area contributed by atoms with Crippen LogP contribution in [0.3, 0.4) is 0 Å². The maximum atomic E-state index is 13.2. The Labute approximate surface area is 190 Å². The Bertz CT molecular complexity index is 1010. The molecular formula is C22H27F2N5O4. The molecule has 2 fully saturated rings. The van der Waals surface area contributed by atoms with Gasteiger partial charge in [-0.05, 0) is 36.5 Å². The van der Waals surface area contributed by atoms with Crippen LogP contribution in [0.4, 0.5) is 19.3 Å². The number of carbonyl (C=O) groups excluding carboxylic acids is 2. The zero-order valence-corrected chi connectivity index (χ0v) is 18.8. The number of halogens is 2. The first kappa shape index (κ1) is 23.0. The maximum Gasteiger partial charge on any atom is 0.586 e. The molecule has 5 rings (SSSR count). The van der Waals surface area contributed by atoms with Gasteiger partial charge in [0.05, 0.1) is 18.1 Å². The van der Waals surface area contributed by atoms with Gasteiger partial charge in [-0.15, -0.1) is 8.78 Å². The Balaban J connectivity index is 0.000000821. The van der Waals surface area contributed by atoms with Crippen LogP contribution in [-0.4, -0.2) is 78.5 Å². The molecule has 2 aromatic rings. The molecule has 0 N–H and O–H groups in total. The van der Waals surface area contributed by atoms with Crippen LogP contribution < -0.4 is 14.4 Å². The minimum absolute atomic E-state index is 0.0623. The van der Waals surface area contributed by atoms with E-state index in [-0.39, 0.29) is 17.5 Å². The minimum atomic E-state index is -3.59. The van der Waals surface area contributed by atoms with Crippen LogP contribution in [0, 0.1) is 11.8 Å². The molecule has 178 valence electrons. The predicted octanol–water partition coefficient (Wildman–Crippen LogP) is 2.51. The van der Waals surface area contributed by atoms with E-state index in [1.54, 1.807) is 24.5 Å². The molecule has 2 saturated heterocycles.